The molecule has 2 aromatic carbocycles. The second-order valence-electron chi connectivity index (χ2n) is 5.62. The van der Waals surface area contributed by atoms with E-state index in [1.54, 1.807) is 7.11 Å². The summed E-state index contributed by atoms with van der Waals surface area (Å²) in [6.45, 7) is 0.242. The van der Waals surface area contributed by atoms with Gasteiger partial charge in [-0.1, -0.05) is 18.2 Å². The lowest BCUT2D eigenvalue weighted by Crippen LogP contribution is -2.19. The molecule has 1 aliphatic carbocycles. The van der Waals surface area contributed by atoms with Crippen LogP contribution in [0.3, 0.4) is 0 Å². The van der Waals surface area contributed by atoms with Crippen LogP contribution in [-0.4, -0.2) is 19.7 Å². The predicted molar refractivity (Wildman–Crippen MR) is 80.7 cm³/mol. The minimum Gasteiger partial charge on any atom is -0.496 e. The van der Waals surface area contributed by atoms with Crippen molar-refractivity contribution < 1.29 is 19.0 Å². The fourth-order valence-electron chi connectivity index (χ4n) is 3.33. The summed E-state index contributed by atoms with van der Waals surface area (Å²) in [5.41, 5.74) is 3.20. The van der Waals surface area contributed by atoms with E-state index < -0.39 is 0 Å². The predicted octanol–water partition coefficient (Wildman–Crippen LogP) is 3.07. The minimum absolute atomic E-state index is 0.00176. The van der Waals surface area contributed by atoms with Crippen LogP contribution < -0.4 is 14.2 Å². The fraction of sp³-hybridized carbons (Fsp3) is 0.278. The van der Waals surface area contributed by atoms with Gasteiger partial charge in [0.2, 0.25) is 6.79 Å². The molecule has 112 valence electrons. The van der Waals surface area contributed by atoms with Crippen LogP contribution in [-0.2, 0) is 11.2 Å². The van der Waals surface area contributed by atoms with E-state index in [9.17, 15) is 4.79 Å². The van der Waals surface area contributed by atoms with E-state index in [2.05, 4.69) is 0 Å². The Bertz CT molecular complexity index is 751. The van der Waals surface area contributed by atoms with E-state index in [4.69, 9.17) is 14.2 Å². The molecule has 1 atom stereocenters. The number of hydrogen-bond donors (Lipinski definition) is 0. The van der Waals surface area contributed by atoms with Crippen LogP contribution in [0.15, 0.2) is 36.4 Å². The number of ketones is 1. The highest BCUT2D eigenvalue weighted by Crippen LogP contribution is 2.44. The maximum Gasteiger partial charge on any atom is 0.231 e. The SMILES string of the molecule is COc1ccccc1C1CC(=O)Cc2cc3c(cc21)OCO3. The molecule has 4 rings (SSSR count). The van der Waals surface area contributed by atoms with Crippen molar-refractivity contribution in [2.24, 2.45) is 0 Å². The zero-order valence-corrected chi connectivity index (χ0v) is 12.3. The molecule has 0 spiro atoms. The highest BCUT2D eigenvalue weighted by molar-refractivity contribution is 5.85. The summed E-state index contributed by atoms with van der Waals surface area (Å²) in [6.07, 6.45) is 0.949. The zero-order valence-electron chi connectivity index (χ0n) is 12.3. The molecular weight excluding hydrogens is 280 g/mol. The van der Waals surface area contributed by atoms with Crippen molar-refractivity contribution in [2.75, 3.05) is 13.9 Å². The summed E-state index contributed by atoms with van der Waals surface area (Å²) < 4.78 is 16.4. The third kappa shape index (κ3) is 2.03. The Labute approximate surface area is 128 Å². The first-order chi connectivity index (χ1) is 10.8. The summed E-state index contributed by atoms with van der Waals surface area (Å²) in [6, 6.07) is 11.8. The molecule has 0 aromatic heterocycles. The average Bonchev–Trinajstić information content (AvgIpc) is 2.99. The number of Topliss-reactive ketones (excluding diaryl/α,β-unsaturated/α-hetero) is 1. The summed E-state index contributed by atoms with van der Waals surface area (Å²) in [5, 5.41) is 0. The van der Waals surface area contributed by atoms with Crippen LogP contribution in [0.5, 0.6) is 17.2 Å². The largest absolute Gasteiger partial charge is 0.496 e. The molecule has 1 unspecified atom stereocenters. The van der Waals surface area contributed by atoms with Crippen LogP contribution >= 0.6 is 0 Å². The van der Waals surface area contributed by atoms with Crippen molar-refractivity contribution in [3.8, 4) is 17.2 Å². The van der Waals surface area contributed by atoms with Gasteiger partial charge in [-0.25, -0.2) is 0 Å². The van der Waals surface area contributed by atoms with Gasteiger partial charge in [0.25, 0.3) is 0 Å². The Hall–Kier alpha value is -2.49. The van der Waals surface area contributed by atoms with Gasteiger partial charge in [-0.15, -0.1) is 0 Å². The average molecular weight is 296 g/mol. The lowest BCUT2D eigenvalue weighted by Gasteiger charge is -2.26. The van der Waals surface area contributed by atoms with Gasteiger partial charge in [0.15, 0.2) is 11.5 Å². The Morgan fingerprint density at radius 1 is 1.09 bits per heavy atom. The summed E-state index contributed by atoms with van der Waals surface area (Å²) in [4.78, 5) is 12.2. The standard InChI is InChI=1S/C18H16O4/c1-20-16-5-3-2-4-13(16)15-8-12(19)6-11-7-17-18(9-14(11)15)22-10-21-17/h2-5,7,9,15H,6,8,10H2,1H3. The van der Waals surface area contributed by atoms with Gasteiger partial charge in [-0.2, -0.15) is 0 Å². The first-order valence-corrected chi connectivity index (χ1v) is 7.33. The van der Waals surface area contributed by atoms with Crippen LogP contribution in [0.2, 0.25) is 0 Å². The van der Waals surface area contributed by atoms with Gasteiger partial charge in [0.1, 0.15) is 11.5 Å². The molecule has 2 aromatic rings. The van der Waals surface area contributed by atoms with E-state index in [-0.39, 0.29) is 18.5 Å². The lowest BCUT2D eigenvalue weighted by atomic mass is 9.78. The van der Waals surface area contributed by atoms with Crippen LogP contribution in [0.1, 0.15) is 29.0 Å². The molecule has 4 heteroatoms. The lowest BCUT2D eigenvalue weighted by molar-refractivity contribution is -0.119. The monoisotopic (exact) mass is 296 g/mol. The van der Waals surface area contributed by atoms with Crippen LogP contribution in [0.4, 0.5) is 0 Å². The summed E-state index contributed by atoms with van der Waals surface area (Å²) >= 11 is 0. The number of benzene rings is 2. The molecule has 0 radical (unpaired) electrons. The second kappa shape index (κ2) is 5.05. The first kappa shape index (κ1) is 13.2. The van der Waals surface area contributed by atoms with Gasteiger partial charge in [0, 0.05) is 24.3 Å². The maximum absolute atomic E-state index is 12.2. The Kier molecular flexibility index (Phi) is 3.03. The quantitative estimate of drug-likeness (QED) is 0.854. The number of para-hydroxylation sites is 1. The maximum atomic E-state index is 12.2. The van der Waals surface area contributed by atoms with Gasteiger partial charge in [-0.05, 0) is 29.3 Å². The Balaban J connectivity index is 1.87. The minimum atomic E-state index is 0.00176. The second-order valence-corrected chi connectivity index (χ2v) is 5.62. The van der Waals surface area contributed by atoms with Crippen molar-refractivity contribution >= 4 is 5.78 Å². The molecule has 2 aliphatic rings. The first-order valence-electron chi connectivity index (χ1n) is 7.33. The number of carbonyl (C=O) groups is 1. The van der Waals surface area contributed by atoms with Crippen molar-refractivity contribution in [2.45, 2.75) is 18.8 Å². The Morgan fingerprint density at radius 2 is 1.86 bits per heavy atom. The smallest absolute Gasteiger partial charge is 0.231 e. The molecule has 4 nitrogen and oxygen atoms in total. The van der Waals surface area contributed by atoms with Gasteiger partial charge >= 0.3 is 0 Å². The van der Waals surface area contributed by atoms with E-state index >= 15 is 0 Å². The molecule has 0 bridgehead atoms. The molecule has 0 saturated heterocycles. The van der Waals surface area contributed by atoms with E-state index in [0.717, 1.165) is 33.9 Å². The number of fused-ring (bicyclic) bond motifs is 2. The molecule has 0 N–H and O–H groups in total. The van der Waals surface area contributed by atoms with Crippen LogP contribution in [0, 0.1) is 0 Å². The number of carbonyl (C=O) groups excluding carboxylic acids is 1. The van der Waals surface area contributed by atoms with Gasteiger partial charge < -0.3 is 14.2 Å². The van der Waals surface area contributed by atoms with Crippen molar-refractivity contribution in [3.05, 3.63) is 53.1 Å². The van der Waals surface area contributed by atoms with E-state index in [1.165, 1.54) is 0 Å². The molecule has 0 amide bonds. The number of rotatable bonds is 2. The molecule has 0 saturated carbocycles. The molecule has 22 heavy (non-hydrogen) atoms. The van der Waals surface area contributed by atoms with Crippen LogP contribution in [0.25, 0.3) is 0 Å². The van der Waals surface area contributed by atoms with Gasteiger partial charge in [-0.3, -0.25) is 4.79 Å². The highest BCUT2D eigenvalue weighted by atomic mass is 16.7. The topological polar surface area (TPSA) is 44.8 Å². The highest BCUT2D eigenvalue weighted by Gasteiger charge is 2.31. The summed E-state index contributed by atoms with van der Waals surface area (Å²) in [7, 11) is 1.66. The number of hydrogen-bond acceptors (Lipinski definition) is 4. The molecule has 1 aliphatic heterocycles. The van der Waals surface area contributed by atoms with E-state index in [1.807, 2.05) is 36.4 Å². The third-order valence-electron chi connectivity index (χ3n) is 4.34. The number of methoxy groups -OCH3 is 1. The van der Waals surface area contributed by atoms with Crippen molar-refractivity contribution in [3.63, 3.8) is 0 Å². The van der Waals surface area contributed by atoms with Crippen molar-refractivity contribution in [1.29, 1.82) is 0 Å². The molecular formula is C18H16O4. The van der Waals surface area contributed by atoms with Crippen molar-refractivity contribution in [1.82, 2.24) is 0 Å². The van der Waals surface area contributed by atoms with Gasteiger partial charge in [0.05, 0.1) is 7.11 Å². The molecule has 1 heterocycles. The number of ether oxygens (including phenoxy) is 3. The summed E-state index contributed by atoms with van der Waals surface area (Å²) in [5.74, 6) is 2.54. The fourth-order valence-corrected chi connectivity index (χ4v) is 3.33. The normalized spacial score (nSPS) is 19.0. The molecule has 0 fully saturated rings. The third-order valence-corrected chi connectivity index (χ3v) is 4.34. The Morgan fingerprint density at radius 3 is 2.68 bits per heavy atom. The zero-order chi connectivity index (χ0) is 15.1. The van der Waals surface area contributed by atoms with E-state index in [0.29, 0.717) is 12.8 Å².